The van der Waals surface area contributed by atoms with Crippen LogP contribution in [0.4, 0.5) is 0 Å². The van der Waals surface area contributed by atoms with Gasteiger partial charge in [-0.25, -0.2) is 8.42 Å². The standard InChI is InChI=1S/C24H34N2O4S/c1-18-16-23(19(2)26(18)20-10-6-5-7-11-20)24(27)25(3)14-9-15-30-21-12-8-13-22(17-21)31(4,28)29/h8,12-13,16-17,20H,5-7,9-11,14-15H2,1-4H3. The van der Waals surface area contributed by atoms with E-state index >= 15 is 0 Å². The number of nitrogens with zero attached hydrogens (tertiary/aromatic N) is 2. The molecule has 1 amide bonds. The minimum absolute atomic E-state index is 0.0363. The summed E-state index contributed by atoms with van der Waals surface area (Å²) >= 11 is 0. The van der Waals surface area contributed by atoms with Gasteiger partial charge in [-0.2, -0.15) is 0 Å². The van der Waals surface area contributed by atoms with Crippen molar-refractivity contribution in [1.82, 2.24) is 9.47 Å². The molecular weight excluding hydrogens is 412 g/mol. The second-order valence-corrected chi connectivity index (χ2v) is 10.6. The Bertz CT molecular complexity index is 1020. The molecule has 6 nitrogen and oxygen atoms in total. The predicted molar refractivity (Wildman–Crippen MR) is 123 cm³/mol. The van der Waals surface area contributed by atoms with Crippen LogP contribution in [0, 0.1) is 13.8 Å². The third-order valence-electron chi connectivity index (χ3n) is 6.14. The molecule has 0 bridgehead atoms. The number of aryl methyl sites for hydroxylation is 1. The molecule has 0 aliphatic heterocycles. The van der Waals surface area contributed by atoms with E-state index in [0.717, 1.165) is 17.0 Å². The average molecular weight is 447 g/mol. The van der Waals surface area contributed by atoms with Gasteiger partial charge in [-0.05, 0) is 57.4 Å². The van der Waals surface area contributed by atoms with E-state index in [0.29, 0.717) is 31.4 Å². The summed E-state index contributed by atoms with van der Waals surface area (Å²) in [4.78, 5) is 15.0. The van der Waals surface area contributed by atoms with Crippen LogP contribution in [0.25, 0.3) is 0 Å². The van der Waals surface area contributed by atoms with Gasteiger partial charge < -0.3 is 14.2 Å². The van der Waals surface area contributed by atoms with Crippen molar-refractivity contribution in [3.8, 4) is 5.75 Å². The maximum absolute atomic E-state index is 13.0. The van der Waals surface area contributed by atoms with Crippen LogP contribution in [0.5, 0.6) is 5.75 Å². The van der Waals surface area contributed by atoms with Gasteiger partial charge >= 0.3 is 0 Å². The number of sulfone groups is 1. The highest BCUT2D eigenvalue weighted by molar-refractivity contribution is 7.90. The summed E-state index contributed by atoms with van der Waals surface area (Å²) in [5, 5.41) is 0. The summed E-state index contributed by atoms with van der Waals surface area (Å²) in [6.45, 7) is 5.13. The second kappa shape index (κ2) is 9.90. The molecule has 1 aromatic heterocycles. The van der Waals surface area contributed by atoms with Gasteiger partial charge in [0, 0.05) is 37.3 Å². The Hall–Kier alpha value is -2.28. The fraction of sp³-hybridized carbons (Fsp3) is 0.542. The zero-order valence-corrected chi connectivity index (χ0v) is 19.9. The van der Waals surface area contributed by atoms with Gasteiger partial charge in [0.2, 0.25) is 0 Å². The average Bonchev–Trinajstić information content (AvgIpc) is 3.04. The third-order valence-corrected chi connectivity index (χ3v) is 7.25. The fourth-order valence-corrected chi connectivity index (χ4v) is 5.14. The van der Waals surface area contributed by atoms with E-state index in [1.165, 1.54) is 44.4 Å². The minimum atomic E-state index is -3.26. The molecule has 0 spiro atoms. The lowest BCUT2D eigenvalue weighted by Gasteiger charge is -2.26. The molecule has 170 valence electrons. The number of hydrogen-bond donors (Lipinski definition) is 0. The number of aromatic nitrogens is 1. The largest absolute Gasteiger partial charge is 0.493 e. The van der Waals surface area contributed by atoms with Gasteiger partial charge in [0.25, 0.3) is 5.91 Å². The van der Waals surface area contributed by atoms with Crippen molar-refractivity contribution in [3.63, 3.8) is 0 Å². The monoisotopic (exact) mass is 446 g/mol. The Morgan fingerprint density at radius 1 is 1.16 bits per heavy atom. The van der Waals surface area contributed by atoms with Gasteiger partial charge in [-0.15, -0.1) is 0 Å². The van der Waals surface area contributed by atoms with Crippen LogP contribution in [0.15, 0.2) is 35.2 Å². The first-order valence-electron chi connectivity index (χ1n) is 11.1. The summed E-state index contributed by atoms with van der Waals surface area (Å²) < 4.78 is 31.4. The Morgan fingerprint density at radius 3 is 2.55 bits per heavy atom. The molecule has 1 aliphatic carbocycles. The van der Waals surface area contributed by atoms with Gasteiger partial charge in [0.1, 0.15) is 5.75 Å². The number of rotatable bonds is 8. The van der Waals surface area contributed by atoms with E-state index in [9.17, 15) is 13.2 Å². The highest BCUT2D eigenvalue weighted by atomic mass is 32.2. The number of carbonyl (C=O) groups excluding carboxylic acids is 1. The van der Waals surface area contributed by atoms with Gasteiger partial charge in [-0.3, -0.25) is 4.79 Å². The van der Waals surface area contributed by atoms with Crippen LogP contribution in [0.1, 0.15) is 66.3 Å². The molecular formula is C24H34N2O4S. The summed E-state index contributed by atoms with van der Waals surface area (Å²) in [7, 11) is -1.44. The van der Waals surface area contributed by atoms with E-state index in [1.807, 2.05) is 13.1 Å². The van der Waals surface area contributed by atoms with Crippen LogP contribution >= 0.6 is 0 Å². The van der Waals surface area contributed by atoms with Crippen molar-refractivity contribution in [1.29, 1.82) is 0 Å². The van der Waals surface area contributed by atoms with Crippen molar-refractivity contribution in [2.45, 2.75) is 63.3 Å². The zero-order chi connectivity index (χ0) is 22.6. The maximum atomic E-state index is 13.0. The van der Waals surface area contributed by atoms with E-state index < -0.39 is 9.84 Å². The highest BCUT2D eigenvalue weighted by Crippen LogP contribution is 2.32. The summed E-state index contributed by atoms with van der Waals surface area (Å²) in [5.41, 5.74) is 3.01. The van der Waals surface area contributed by atoms with Crippen molar-refractivity contribution in [2.75, 3.05) is 26.5 Å². The van der Waals surface area contributed by atoms with E-state index in [2.05, 4.69) is 18.4 Å². The summed E-state index contributed by atoms with van der Waals surface area (Å²) in [5.74, 6) is 0.558. The van der Waals surface area contributed by atoms with Crippen LogP contribution in [-0.4, -0.2) is 50.2 Å². The number of ether oxygens (including phenoxy) is 1. The summed E-state index contributed by atoms with van der Waals surface area (Å²) in [6.07, 6.45) is 8.06. The second-order valence-electron chi connectivity index (χ2n) is 8.62. The van der Waals surface area contributed by atoms with Crippen molar-refractivity contribution in [2.24, 2.45) is 0 Å². The molecule has 3 rings (SSSR count). The lowest BCUT2D eigenvalue weighted by Crippen LogP contribution is -2.29. The lowest BCUT2D eigenvalue weighted by atomic mass is 9.95. The first-order valence-corrected chi connectivity index (χ1v) is 12.9. The van der Waals surface area contributed by atoms with Gasteiger partial charge in [-0.1, -0.05) is 25.3 Å². The van der Waals surface area contributed by atoms with Crippen LogP contribution < -0.4 is 4.74 Å². The van der Waals surface area contributed by atoms with Crippen molar-refractivity contribution in [3.05, 3.63) is 47.3 Å². The molecule has 0 saturated heterocycles. The number of benzene rings is 1. The quantitative estimate of drug-likeness (QED) is 0.558. The van der Waals surface area contributed by atoms with Gasteiger partial charge in [0.05, 0.1) is 17.1 Å². The normalized spacial score (nSPS) is 15.1. The molecule has 1 heterocycles. The first kappa shape index (κ1) is 23.4. The van der Waals surface area contributed by atoms with Crippen LogP contribution in [0.2, 0.25) is 0 Å². The predicted octanol–water partition coefficient (Wildman–Crippen LogP) is 4.55. The minimum Gasteiger partial charge on any atom is -0.493 e. The van der Waals surface area contributed by atoms with E-state index in [-0.39, 0.29) is 10.8 Å². The molecule has 31 heavy (non-hydrogen) atoms. The third kappa shape index (κ3) is 5.70. The molecule has 0 atom stereocenters. The molecule has 0 radical (unpaired) electrons. The molecule has 7 heteroatoms. The smallest absolute Gasteiger partial charge is 0.255 e. The Labute approximate surface area is 186 Å². The molecule has 1 fully saturated rings. The Morgan fingerprint density at radius 2 is 1.87 bits per heavy atom. The molecule has 1 saturated carbocycles. The van der Waals surface area contributed by atoms with Crippen molar-refractivity contribution < 1.29 is 17.9 Å². The van der Waals surface area contributed by atoms with E-state index in [4.69, 9.17) is 4.74 Å². The highest BCUT2D eigenvalue weighted by Gasteiger charge is 2.24. The molecule has 1 aromatic carbocycles. The zero-order valence-electron chi connectivity index (χ0n) is 19.1. The lowest BCUT2D eigenvalue weighted by molar-refractivity contribution is 0.0787. The molecule has 0 N–H and O–H groups in total. The topological polar surface area (TPSA) is 68.6 Å². The van der Waals surface area contributed by atoms with Crippen LogP contribution in [-0.2, 0) is 9.84 Å². The maximum Gasteiger partial charge on any atom is 0.255 e. The SMILES string of the molecule is Cc1cc(C(=O)N(C)CCCOc2cccc(S(C)(=O)=O)c2)c(C)n1C1CCCCC1. The number of hydrogen-bond acceptors (Lipinski definition) is 4. The Balaban J connectivity index is 1.55. The number of amides is 1. The Kier molecular flexibility index (Phi) is 7.46. The van der Waals surface area contributed by atoms with Gasteiger partial charge in [0.15, 0.2) is 9.84 Å². The van der Waals surface area contributed by atoms with E-state index in [1.54, 1.807) is 23.1 Å². The number of carbonyl (C=O) groups is 1. The fourth-order valence-electron chi connectivity index (χ4n) is 4.49. The van der Waals surface area contributed by atoms with Crippen molar-refractivity contribution >= 4 is 15.7 Å². The summed E-state index contributed by atoms with van der Waals surface area (Å²) in [6, 6.07) is 9.03. The molecule has 0 unspecified atom stereocenters. The first-order chi connectivity index (χ1) is 14.7. The van der Waals surface area contributed by atoms with Crippen LogP contribution in [0.3, 0.4) is 0 Å². The molecule has 2 aromatic rings. The molecule has 1 aliphatic rings.